The van der Waals surface area contributed by atoms with Gasteiger partial charge in [0, 0.05) is 36.9 Å². The molecule has 140 valence electrons. The van der Waals surface area contributed by atoms with E-state index in [2.05, 4.69) is 23.1 Å². The Bertz CT molecular complexity index is 940. The van der Waals surface area contributed by atoms with Gasteiger partial charge in [0.25, 0.3) is 0 Å². The summed E-state index contributed by atoms with van der Waals surface area (Å²) >= 11 is 11.8. The van der Waals surface area contributed by atoms with E-state index in [0.717, 1.165) is 11.3 Å². The predicted octanol–water partition coefficient (Wildman–Crippen LogP) is 3.83. The molecule has 0 bridgehead atoms. The average molecular weight is 415 g/mol. The first-order valence-corrected chi connectivity index (χ1v) is 10.4. The number of aryl methyl sites for hydroxylation is 2. The molecular formula is C18H20Cl2N2O3S. The molecule has 0 radical (unpaired) electrons. The van der Waals surface area contributed by atoms with Gasteiger partial charge in [0.1, 0.15) is 4.90 Å². The number of phenolic OH excluding ortho intramolecular Hbond substituents is 1. The lowest BCUT2D eigenvalue weighted by atomic mass is 10.1. The molecule has 0 saturated carbocycles. The molecule has 0 atom stereocenters. The Morgan fingerprint density at radius 1 is 1.00 bits per heavy atom. The van der Waals surface area contributed by atoms with E-state index in [9.17, 15) is 13.5 Å². The number of sulfonamides is 1. The molecule has 3 rings (SSSR count). The third-order valence-corrected chi connectivity index (χ3v) is 6.97. The second-order valence-corrected chi connectivity index (χ2v) is 9.17. The summed E-state index contributed by atoms with van der Waals surface area (Å²) in [7, 11) is -3.87. The van der Waals surface area contributed by atoms with Crippen molar-refractivity contribution in [2.24, 2.45) is 0 Å². The van der Waals surface area contributed by atoms with E-state index in [1.807, 2.05) is 13.8 Å². The van der Waals surface area contributed by atoms with Gasteiger partial charge in [-0.15, -0.1) is 0 Å². The highest BCUT2D eigenvalue weighted by atomic mass is 35.5. The van der Waals surface area contributed by atoms with Gasteiger partial charge < -0.3 is 10.0 Å². The molecule has 0 aliphatic carbocycles. The van der Waals surface area contributed by atoms with Crippen LogP contribution in [-0.4, -0.2) is 44.0 Å². The Morgan fingerprint density at radius 3 is 2.31 bits per heavy atom. The van der Waals surface area contributed by atoms with Crippen LogP contribution in [0.25, 0.3) is 0 Å². The maximum absolute atomic E-state index is 12.9. The number of rotatable bonds is 3. The molecule has 1 aliphatic rings. The fourth-order valence-electron chi connectivity index (χ4n) is 3.11. The predicted molar refractivity (Wildman–Crippen MR) is 105 cm³/mol. The van der Waals surface area contributed by atoms with E-state index >= 15 is 0 Å². The van der Waals surface area contributed by atoms with E-state index in [0.29, 0.717) is 26.2 Å². The van der Waals surface area contributed by atoms with Gasteiger partial charge in [0.05, 0.1) is 5.02 Å². The lowest BCUT2D eigenvalue weighted by Crippen LogP contribution is -2.48. The Kier molecular flexibility index (Phi) is 5.40. The summed E-state index contributed by atoms with van der Waals surface area (Å²) in [5, 5.41) is 10.2. The van der Waals surface area contributed by atoms with Crippen molar-refractivity contribution in [2.45, 2.75) is 18.7 Å². The number of aromatic hydroxyl groups is 1. The molecule has 0 aromatic heterocycles. The van der Waals surface area contributed by atoms with Crippen molar-refractivity contribution in [1.82, 2.24) is 4.31 Å². The molecule has 1 N–H and O–H groups in total. The smallest absolute Gasteiger partial charge is 0.246 e. The number of hydrogen-bond acceptors (Lipinski definition) is 4. The summed E-state index contributed by atoms with van der Waals surface area (Å²) < 4.78 is 27.2. The summed E-state index contributed by atoms with van der Waals surface area (Å²) in [6.07, 6.45) is 0. The first-order valence-electron chi connectivity index (χ1n) is 8.20. The standard InChI is InChI=1S/C18H20Cl2N2O3S/c1-12-3-4-13(2)16(9-12)21-5-7-22(8-6-21)26(24,25)17-11-14(19)10-15(20)18(17)23/h3-4,9-11,23H,5-8H2,1-2H3. The Morgan fingerprint density at radius 2 is 1.65 bits per heavy atom. The van der Waals surface area contributed by atoms with Gasteiger partial charge in [-0.1, -0.05) is 35.3 Å². The molecule has 0 amide bonds. The minimum atomic E-state index is -3.87. The lowest BCUT2D eigenvalue weighted by molar-refractivity contribution is 0.380. The fourth-order valence-corrected chi connectivity index (χ4v) is 5.27. The van der Waals surface area contributed by atoms with Crippen LogP contribution in [0.2, 0.25) is 10.0 Å². The molecule has 8 heteroatoms. The molecule has 1 fully saturated rings. The number of hydrogen-bond donors (Lipinski definition) is 1. The van der Waals surface area contributed by atoms with Crippen LogP contribution in [0.1, 0.15) is 11.1 Å². The first-order chi connectivity index (χ1) is 12.2. The molecule has 1 saturated heterocycles. The SMILES string of the molecule is Cc1ccc(C)c(N2CCN(S(=O)(=O)c3cc(Cl)cc(Cl)c3O)CC2)c1. The summed E-state index contributed by atoms with van der Waals surface area (Å²) in [4.78, 5) is 1.93. The first kappa shape index (κ1) is 19.3. The van der Waals surface area contributed by atoms with E-state index in [4.69, 9.17) is 23.2 Å². The van der Waals surface area contributed by atoms with Gasteiger partial charge in [-0.3, -0.25) is 0 Å². The lowest BCUT2D eigenvalue weighted by Gasteiger charge is -2.36. The van der Waals surface area contributed by atoms with E-state index in [-0.39, 0.29) is 14.9 Å². The number of piperazine rings is 1. The van der Waals surface area contributed by atoms with Crippen molar-refractivity contribution < 1.29 is 13.5 Å². The molecule has 1 aliphatic heterocycles. The molecule has 2 aromatic rings. The average Bonchev–Trinajstić information content (AvgIpc) is 2.60. The van der Waals surface area contributed by atoms with Crippen LogP contribution in [0.15, 0.2) is 35.2 Å². The molecule has 2 aromatic carbocycles. The van der Waals surface area contributed by atoms with E-state index in [1.54, 1.807) is 0 Å². The van der Waals surface area contributed by atoms with Crippen molar-refractivity contribution in [3.8, 4) is 5.75 Å². The zero-order valence-corrected chi connectivity index (χ0v) is 16.9. The minimum Gasteiger partial charge on any atom is -0.505 e. The Hall–Kier alpha value is -1.47. The van der Waals surface area contributed by atoms with Crippen molar-refractivity contribution in [2.75, 3.05) is 31.1 Å². The summed E-state index contributed by atoms with van der Waals surface area (Å²) in [5.41, 5.74) is 3.45. The number of phenols is 1. The maximum atomic E-state index is 12.9. The quantitative estimate of drug-likeness (QED) is 0.828. The third kappa shape index (κ3) is 3.64. The normalized spacial score (nSPS) is 16.1. The van der Waals surface area contributed by atoms with Gasteiger partial charge >= 0.3 is 0 Å². The highest BCUT2D eigenvalue weighted by Gasteiger charge is 2.32. The van der Waals surface area contributed by atoms with Crippen molar-refractivity contribution >= 4 is 38.9 Å². The Labute approximate surface area is 163 Å². The highest BCUT2D eigenvalue weighted by molar-refractivity contribution is 7.89. The maximum Gasteiger partial charge on any atom is 0.246 e. The second-order valence-electron chi connectivity index (χ2n) is 6.42. The van der Waals surface area contributed by atoms with Gasteiger partial charge in [0.2, 0.25) is 10.0 Å². The third-order valence-electron chi connectivity index (χ3n) is 4.55. The summed E-state index contributed by atoms with van der Waals surface area (Å²) in [6, 6.07) is 8.79. The van der Waals surface area contributed by atoms with Crippen LogP contribution in [-0.2, 0) is 10.0 Å². The van der Waals surface area contributed by atoms with Gasteiger partial charge in [-0.05, 0) is 43.2 Å². The zero-order valence-electron chi connectivity index (χ0n) is 14.5. The van der Waals surface area contributed by atoms with Gasteiger partial charge in [-0.25, -0.2) is 8.42 Å². The largest absolute Gasteiger partial charge is 0.505 e. The number of nitrogens with zero attached hydrogens (tertiary/aromatic N) is 2. The Balaban J connectivity index is 1.82. The number of benzene rings is 2. The van der Waals surface area contributed by atoms with Gasteiger partial charge in [0.15, 0.2) is 5.75 Å². The monoisotopic (exact) mass is 414 g/mol. The number of anilines is 1. The molecule has 0 unspecified atom stereocenters. The van der Waals surface area contributed by atoms with Crippen LogP contribution < -0.4 is 4.90 Å². The summed E-state index contributed by atoms with van der Waals surface area (Å²) in [6.45, 7) is 5.86. The topological polar surface area (TPSA) is 60.9 Å². The van der Waals surface area contributed by atoms with Crippen LogP contribution >= 0.6 is 23.2 Å². The molecule has 26 heavy (non-hydrogen) atoms. The zero-order chi connectivity index (χ0) is 19.1. The van der Waals surface area contributed by atoms with E-state index < -0.39 is 15.8 Å². The highest BCUT2D eigenvalue weighted by Crippen LogP contribution is 2.36. The van der Waals surface area contributed by atoms with E-state index in [1.165, 1.54) is 22.0 Å². The van der Waals surface area contributed by atoms with Crippen molar-refractivity contribution in [3.05, 3.63) is 51.5 Å². The van der Waals surface area contributed by atoms with Gasteiger partial charge in [-0.2, -0.15) is 4.31 Å². The van der Waals surface area contributed by atoms with Crippen LogP contribution in [0.5, 0.6) is 5.75 Å². The minimum absolute atomic E-state index is 0.0786. The van der Waals surface area contributed by atoms with Crippen LogP contribution in [0.4, 0.5) is 5.69 Å². The second kappa shape index (κ2) is 7.27. The van der Waals surface area contributed by atoms with Crippen LogP contribution in [0.3, 0.4) is 0 Å². The fraction of sp³-hybridized carbons (Fsp3) is 0.333. The number of halogens is 2. The van der Waals surface area contributed by atoms with Crippen molar-refractivity contribution in [3.63, 3.8) is 0 Å². The van der Waals surface area contributed by atoms with Crippen molar-refractivity contribution in [1.29, 1.82) is 0 Å². The summed E-state index contributed by atoms with van der Waals surface area (Å²) in [5.74, 6) is -0.465. The molecule has 5 nitrogen and oxygen atoms in total. The van der Waals surface area contributed by atoms with Crippen LogP contribution in [0, 0.1) is 13.8 Å². The molecular weight excluding hydrogens is 395 g/mol. The molecule has 0 spiro atoms. The molecule has 1 heterocycles.